The summed E-state index contributed by atoms with van der Waals surface area (Å²) in [6.45, 7) is -0.188. The molecule has 0 spiro atoms. The van der Waals surface area contributed by atoms with Crippen molar-refractivity contribution in [1.82, 2.24) is 19.5 Å². The van der Waals surface area contributed by atoms with Gasteiger partial charge in [0.25, 0.3) is 0 Å². The Morgan fingerprint density at radius 3 is 2.78 bits per heavy atom. The fourth-order valence-corrected chi connectivity index (χ4v) is 3.58. The van der Waals surface area contributed by atoms with Crippen LogP contribution in [0.5, 0.6) is 6.01 Å². The van der Waals surface area contributed by atoms with Gasteiger partial charge in [-0.2, -0.15) is 9.97 Å². The van der Waals surface area contributed by atoms with Crippen molar-refractivity contribution < 1.29 is 24.8 Å². The van der Waals surface area contributed by atoms with Crippen molar-refractivity contribution in [2.45, 2.75) is 56.3 Å². The molecule has 0 bridgehead atoms. The maximum absolute atomic E-state index is 10.4. The van der Waals surface area contributed by atoms with Gasteiger partial charge in [0.15, 0.2) is 23.2 Å². The van der Waals surface area contributed by atoms with Crippen molar-refractivity contribution in [1.29, 1.82) is 0 Å². The molecule has 1 saturated heterocycles. The van der Waals surface area contributed by atoms with Crippen LogP contribution in [0.15, 0.2) is 18.5 Å². The third-order valence-corrected chi connectivity index (χ3v) is 4.98. The largest absolute Gasteiger partial charge is 0.460 e. The molecule has 146 valence electrons. The zero-order valence-electron chi connectivity index (χ0n) is 14.7. The van der Waals surface area contributed by atoms with Crippen LogP contribution in [-0.4, -0.2) is 65.9 Å². The maximum Gasteiger partial charge on any atom is 0.320 e. The number of fused-ring (bicyclic) bond motifs is 1. The van der Waals surface area contributed by atoms with E-state index < -0.39 is 24.5 Å². The molecule has 0 amide bonds. The molecule has 10 nitrogen and oxygen atoms in total. The van der Waals surface area contributed by atoms with E-state index >= 15 is 0 Å². The molecule has 1 saturated carbocycles. The monoisotopic (exact) mass is 377 g/mol. The van der Waals surface area contributed by atoms with Gasteiger partial charge in [-0.3, -0.25) is 4.57 Å². The maximum atomic E-state index is 10.4. The van der Waals surface area contributed by atoms with Crippen molar-refractivity contribution >= 4 is 17.0 Å². The number of aliphatic hydroxyl groups is 3. The summed E-state index contributed by atoms with van der Waals surface area (Å²) < 4.78 is 13.1. The molecule has 3 heterocycles. The number of hydrogen-bond donors (Lipinski definition) is 4. The number of imidazole rings is 1. The Hall–Kier alpha value is -2.27. The third kappa shape index (κ3) is 3.36. The standard InChI is InChI=1S/C17H23N5O5/c18-14-11-15(21-17(20-14)26-9-4-1-2-5-9)22(8-19-11)16-13(25)12(24)10(27-16)6-3-7-23/h3,6,8-10,12-13,16,23-25H,1-2,4-5,7H2,(H2,18,20,21)/b6-3-/t10-,12-,13-,16-/m1/s1. The quantitative estimate of drug-likeness (QED) is 0.524. The molecule has 1 aliphatic carbocycles. The van der Waals surface area contributed by atoms with Gasteiger partial charge in [-0.1, -0.05) is 12.2 Å². The van der Waals surface area contributed by atoms with Gasteiger partial charge in [0, 0.05) is 0 Å². The van der Waals surface area contributed by atoms with Gasteiger partial charge in [-0.05, 0) is 25.7 Å². The molecular formula is C17H23N5O5. The molecule has 4 atom stereocenters. The summed E-state index contributed by atoms with van der Waals surface area (Å²) in [5.41, 5.74) is 6.73. The van der Waals surface area contributed by atoms with Crippen LogP contribution in [0.25, 0.3) is 11.2 Å². The molecule has 10 heteroatoms. The number of rotatable bonds is 5. The highest BCUT2D eigenvalue weighted by Gasteiger charge is 2.43. The Morgan fingerprint density at radius 2 is 2.04 bits per heavy atom. The van der Waals surface area contributed by atoms with E-state index in [1.165, 1.54) is 23.0 Å². The minimum Gasteiger partial charge on any atom is -0.460 e. The SMILES string of the molecule is Nc1nc(OC2CCCC2)nc2c1ncn2[C@@H]1O[C@H](/C=C\CO)[C@@H](O)[C@H]1O. The van der Waals surface area contributed by atoms with Crippen LogP contribution < -0.4 is 10.5 Å². The van der Waals surface area contributed by atoms with E-state index in [1.54, 1.807) is 0 Å². The molecule has 2 fully saturated rings. The average Bonchev–Trinajstić information content (AvgIpc) is 3.36. The van der Waals surface area contributed by atoms with Gasteiger partial charge in [-0.25, -0.2) is 4.98 Å². The van der Waals surface area contributed by atoms with Crippen molar-refractivity contribution in [2.75, 3.05) is 12.3 Å². The summed E-state index contributed by atoms with van der Waals surface area (Å²) in [5, 5.41) is 29.5. The smallest absolute Gasteiger partial charge is 0.320 e. The normalized spacial score (nSPS) is 29.3. The second kappa shape index (κ2) is 7.39. The average molecular weight is 377 g/mol. The molecule has 1 aliphatic heterocycles. The summed E-state index contributed by atoms with van der Waals surface area (Å²) in [6.07, 6.45) is 4.57. The number of nitrogens with two attached hydrogens (primary N) is 1. The fraction of sp³-hybridized carbons (Fsp3) is 0.588. The van der Waals surface area contributed by atoms with Crippen LogP contribution in [0.4, 0.5) is 5.82 Å². The zero-order valence-corrected chi connectivity index (χ0v) is 14.7. The molecule has 2 aliphatic rings. The van der Waals surface area contributed by atoms with E-state index in [1.807, 2.05) is 0 Å². The van der Waals surface area contributed by atoms with Gasteiger partial charge < -0.3 is 30.5 Å². The van der Waals surface area contributed by atoms with E-state index in [0.717, 1.165) is 25.7 Å². The van der Waals surface area contributed by atoms with Crippen LogP contribution in [0.1, 0.15) is 31.9 Å². The number of nitrogen functional groups attached to an aromatic ring is 1. The first-order valence-electron chi connectivity index (χ1n) is 9.04. The van der Waals surface area contributed by atoms with Crippen LogP contribution in [0.3, 0.4) is 0 Å². The number of aliphatic hydroxyl groups excluding tert-OH is 3. The Balaban J connectivity index is 1.65. The fourth-order valence-electron chi connectivity index (χ4n) is 3.58. The Bertz CT molecular complexity index is 834. The van der Waals surface area contributed by atoms with Gasteiger partial charge in [0.2, 0.25) is 0 Å². The van der Waals surface area contributed by atoms with Crippen molar-refractivity contribution in [3.8, 4) is 6.01 Å². The highest BCUT2D eigenvalue weighted by Crippen LogP contribution is 2.33. The first-order valence-corrected chi connectivity index (χ1v) is 9.04. The molecule has 0 radical (unpaired) electrons. The molecule has 2 aromatic heterocycles. The topological polar surface area (TPSA) is 149 Å². The Labute approximate surface area is 155 Å². The van der Waals surface area contributed by atoms with Crippen LogP contribution in [0, 0.1) is 0 Å². The lowest BCUT2D eigenvalue weighted by Crippen LogP contribution is -2.30. The van der Waals surface area contributed by atoms with Crippen molar-refractivity contribution in [3.05, 3.63) is 18.5 Å². The lowest BCUT2D eigenvalue weighted by atomic mass is 10.1. The van der Waals surface area contributed by atoms with Crippen LogP contribution >= 0.6 is 0 Å². The first kappa shape index (κ1) is 18.1. The van der Waals surface area contributed by atoms with Gasteiger partial charge in [0.1, 0.15) is 24.4 Å². The lowest BCUT2D eigenvalue weighted by molar-refractivity contribution is -0.0245. The van der Waals surface area contributed by atoms with E-state index in [0.29, 0.717) is 11.2 Å². The van der Waals surface area contributed by atoms with Crippen molar-refractivity contribution in [3.63, 3.8) is 0 Å². The minimum atomic E-state index is -1.20. The summed E-state index contributed by atoms with van der Waals surface area (Å²) in [6, 6.07) is 0.165. The molecule has 0 unspecified atom stereocenters. The number of nitrogens with zero attached hydrogens (tertiary/aromatic N) is 4. The molecular weight excluding hydrogens is 354 g/mol. The summed E-state index contributed by atoms with van der Waals surface area (Å²) in [4.78, 5) is 12.8. The molecule has 2 aromatic rings. The number of anilines is 1. The molecule has 27 heavy (non-hydrogen) atoms. The highest BCUT2D eigenvalue weighted by molar-refractivity contribution is 5.82. The molecule has 5 N–H and O–H groups in total. The Morgan fingerprint density at radius 1 is 1.26 bits per heavy atom. The number of ether oxygens (including phenoxy) is 2. The number of hydrogen-bond acceptors (Lipinski definition) is 9. The van der Waals surface area contributed by atoms with Crippen LogP contribution in [0.2, 0.25) is 0 Å². The van der Waals surface area contributed by atoms with E-state index in [2.05, 4.69) is 15.0 Å². The third-order valence-electron chi connectivity index (χ3n) is 4.98. The van der Waals surface area contributed by atoms with Gasteiger partial charge >= 0.3 is 6.01 Å². The van der Waals surface area contributed by atoms with E-state index in [9.17, 15) is 10.2 Å². The molecule has 4 rings (SSSR count). The molecule has 0 aromatic carbocycles. The number of aromatic nitrogens is 4. The predicted molar refractivity (Wildman–Crippen MR) is 94.8 cm³/mol. The first-order chi connectivity index (χ1) is 13.1. The summed E-state index contributed by atoms with van der Waals surface area (Å²) in [7, 11) is 0. The van der Waals surface area contributed by atoms with Gasteiger partial charge in [-0.15, -0.1) is 0 Å². The van der Waals surface area contributed by atoms with E-state index in [-0.39, 0.29) is 24.5 Å². The Kier molecular flexibility index (Phi) is 4.96. The van der Waals surface area contributed by atoms with Crippen LogP contribution in [-0.2, 0) is 4.74 Å². The lowest BCUT2D eigenvalue weighted by Gasteiger charge is -2.17. The minimum absolute atomic E-state index is 0.0707. The van der Waals surface area contributed by atoms with E-state index in [4.69, 9.17) is 20.3 Å². The second-order valence-corrected chi connectivity index (χ2v) is 6.82. The van der Waals surface area contributed by atoms with Crippen molar-refractivity contribution in [2.24, 2.45) is 0 Å². The summed E-state index contributed by atoms with van der Waals surface area (Å²) >= 11 is 0. The zero-order chi connectivity index (χ0) is 19.0. The summed E-state index contributed by atoms with van der Waals surface area (Å²) in [5.74, 6) is 0.177. The van der Waals surface area contributed by atoms with Gasteiger partial charge in [0.05, 0.1) is 12.9 Å². The predicted octanol–water partition coefficient (Wildman–Crippen LogP) is -0.102. The highest BCUT2D eigenvalue weighted by atomic mass is 16.6. The second-order valence-electron chi connectivity index (χ2n) is 6.82.